The second-order valence-corrected chi connectivity index (χ2v) is 11.0. The smallest absolute Gasteiger partial charge is 0.411 e. The van der Waals surface area contributed by atoms with Gasteiger partial charge in [0.2, 0.25) is 17.7 Å². The molecule has 1 N–H and O–H groups in total. The fourth-order valence-corrected chi connectivity index (χ4v) is 4.40. The average molecular weight is 460 g/mol. The highest BCUT2D eigenvalue weighted by Gasteiger charge is 2.49. The monoisotopic (exact) mass is 459 g/mol. The number of ether oxygens (including phenoxy) is 1. The van der Waals surface area contributed by atoms with Crippen LogP contribution in [0.5, 0.6) is 0 Å². The number of hydrogen-bond acceptors (Lipinski definition) is 4. The first-order valence-corrected chi connectivity index (χ1v) is 11.5. The van der Waals surface area contributed by atoms with Gasteiger partial charge < -0.3 is 15.0 Å². The van der Waals surface area contributed by atoms with E-state index < -0.39 is 35.1 Å². The van der Waals surface area contributed by atoms with Crippen molar-refractivity contribution in [3.05, 3.63) is 0 Å². The van der Waals surface area contributed by atoms with Gasteiger partial charge in [0.1, 0.15) is 11.6 Å². The van der Waals surface area contributed by atoms with E-state index in [0.29, 0.717) is 6.54 Å². The van der Waals surface area contributed by atoms with Crippen LogP contribution in [0.2, 0.25) is 0 Å². The lowest BCUT2D eigenvalue weighted by Crippen LogP contribution is -2.54. The summed E-state index contributed by atoms with van der Waals surface area (Å²) in [7, 11) is 0. The van der Waals surface area contributed by atoms with Gasteiger partial charge in [-0.15, -0.1) is 0 Å². The van der Waals surface area contributed by atoms with Crippen LogP contribution in [0.3, 0.4) is 0 Å². The van der Waals surface area contributed by atoms with Crippen molar-refractivity contribution in [2.45, 2.75) is 110 Å². The Morgan fingerprint density at radius 1 is 1.06 bits per heavy atom. The molecular weight excluding hydrogens is 420 g/mol. The minimum Gasteiger partial charge on any atom is -0.444 e. The predicted molar refractivity (Wildman–Crippen MR) is 117 cm³/mol. The average Bonchev–Trinajstić information content (AvgIpc) is 3.06. The van der Waals surface area contributed by atoms with E-state index >= 15 is 0 Å². The first-order chi connectivity index (χ1) is 14.6. The molecule has 32 heavy (non-hydrogen) atoms. The van der Waals surface area contributed by atoms with E-state index in [9.17, 15) is 23.2 Å². The number of hydrogen-bond donors (Lipinski definition) is 1. The molecule has 2 rings (SSSR count). The molecule has 1 saturated carbocycles. The molecule has 0 spiro atoms. The zero-order chi connectivity index (χ0) is 24.5. The Morgan fingerprint density at radius 3 is 2.09 bits per heavy atom. The molecule has 0 radical (unpaired) electrons. The van der Waals surface area contributed by atoms with Crippen molar-refractivity contribution in [1.29, 1.82) is 0 Å². The highest BCUT2D eigenvalue weighted by molar-refractivity contribution is 5.87. The topological polar surface area (TPSA) is 79.0 Å². The van der Waals surface area contributed by atoms with Gasteiger partial charge >= 0.3 is 6.09 Å². The molecule has 1 saturated heterocycles. The van der Waals surface area contributed by atoms with Gasteiger partial charge in [0.05, 0.1) is 6.04 Å². The van der Waals surface area contributed by atoms with Crippen LogP contribution in [0.25, 0.3) is 0 Å². The van der Waals surface area contributed by atoms with Crippen molar-refractivity contribution in [3.63, 3.8) is 0 Å². The van der Waals surface area contributed by atoms with Gasteiger partial charge in [-0.05, 0) is 47.0 Å². The maximum atomic E-state index is 13.8. The summed E-state index contributed by atoms with van der Waals surface area (Å²) in [6.45, 7) is 13.0. The molecule has 9 heteroatoms. The maximum absolute atomic E-state index is 13.8. The number of rotatable bonds is 4. The van der Waals surface area contributed by atoms with Gasteiger partial charge in [-0.3, -0.25) is 14.5 Å². The van der Waals surface area contributed by atoms with Gasteiger partial charge in [-0.2, -0.15) is 0 Å². The number of likely N-dealkylation sites (tertiary alicyclic amines) is 1. The van der Waals surface area contributed by atoms with E-state index in [1.165, 1.54) is 4.90 Å². The van der Waals surface area contributed by atoms with Gasteiger partial charge in [-0.25, -0.2) is 13.6 Å². The second kappa shape index (κ2) is 9.51. The molecule has 1 heterocycles. The van der Waals surface area contributed by atoms with Crippen LogP contribution < -0.4 is 5.32 Å². The first-order valence-electron chi connectivity index (χ1n) is 11.5. The normalized spacial score (nSPS) is 24.2. The lowest BCUT2D eigenvalue weighted by atomic mass is 9.86. The van der Waals surface area contributed by atoms with Gasteiger partial charge in [0.15, 0.2) is 0 Å². The third-order valence-electron chi connectivity index (χ3n) is 5.91. The number of likely N-dealkylation sites (N-methyl/N-ethyl adjacent to an activating group) is 1. The zero-order valence-electron chi connectivity index (χ0n) is 20.5. The number of carbonyl (C=O) groups excluding carboxylic acids is 3. The molecule has 0 aromatic rings. The van der Waals surface area contributed by atoms with E-state index in [0.717, 1.165) is 0 Å². The van der Waals surface area contributed by atoms with E-state index in [1.807, 2.05) is 0 Å². The number of amides is 3. The van der Waals surface area contributed by atoms with Crippen LogP contribution in [0.4, 0.5) is 13.6 Å². The molecule has 3 amide bonds. The van der Waals surface area contributed by atoms with Crippen LogP contribution in [-0.4, -0.2) is 70.4 Å². The molecule has 1 aliphatic heterocycles. The summed E-state index contributed by atoms with van der Waals surface area (Å²) in [5, 5.41) is 2.75. The van der Waals surface area contributed by atoms with Crippen molar-refractivity contribution in [2.75, 3.05) is 13.1 Å². The molecule has 0 bridgehead atoms. The zero-order valence-corrected chi connectivity index (χ0v) is 20.5. The second-order valence-electron chi connectivity index (χ2n) is 11.0. The fraction of sp³-hybridized carbons (Fsp3) is 0.870. The Morgan fingerprint density at radius 2 is 1.62 bits per heavy atom. The number of carbonyl (C=O) groups is 3. The van der Waals surface area contributed by atoms with Crippen LogP contribution >= 0.6 is 0 Å². The molecule has 2 fully saturated rings. The van der Waals surface area contributed by atoms with Crippen molar-refractivity contribution in [2.24, 2.45) is 5.41 Å². The summed E-state index contributed by atoms with van der Waals surface area (Å²) in [4.78, 5) is 42.1. The number of alkyl halides is 2. The molecule has 2 aliphatic rings. The molecular formula is C23H39F2N3O4. The molecule has 0 aromatic carbocycles. The van der Waals surface area contributed by atoms with Crippen LogP contribution in [0.15, 0.2) is 0 Å². The quantitative estimate of drug-likeness (QED) is 0.690. The highest BCUT2D eigenvalue weighted by atomic mass is 19.3. The molecule has 1 aliphatic carbocycles. The number of nitrogens with zero attached hydrogens (tertiary/aromatic N) is 2. The summed E-state index contributed by atoms with van der Waals surface area (Å²) < 4.78 is 33.1. The van der Waals surface area contributed by atoms with Crippen molar-refractivity contribution >= 4 is 17.9 Å². The minimum absolute atomic E-state index is 0.130. The summed E-state index contributed by atoms with van der Waals surface area (Å²) in [6, 6.07) is -1.58. The Hall–Kier alpha value is -1.93. The van der Waals surface area contributed by atoms with Gasteiger partial charge in [0, 0.05) is 37.4 Å². The third-order valence-corrected chi connectivity index (χ3v) is 5.91. The van der Waals surface area contributed by atoms with Crippen molar-refractivity contribution < 1.29 is 27.9 Å². The van der Waals surface area contributed by atoms with E-state index in [-0.39, 0.29) is 56.5 Å². The number of halogens is 2. The standard InChI is InChI=1S/C23H39F2N3O4/c1-8-26-18(29)17-13-16(14-27(17)20(31)32-22(5,6)7)28(19(30)21(2,3)4)15-9-11-23(24,25)12-10-15/h15-17H,8-14H2,1-7H3,(H,26,29)/t16-,17-/m0/s1. The van der Waals surface area contributed by atoms with Crippen LogP contribution in [0.1, 0.15) is 80.6 Å². The summed E-state index contributed by atoms with van der Waals surface area (Å²) in [5.41, 5.74) is -1.46. The van der Waals surface area contributed by atoms with Crippen LogP contribution in [0, 0.1) is 5.41 Å². The lowest BCUT2D eigenvalue weighted by Gasteiger charge is -2.43. The Labute approximate surface area is 190 Å². The summed E-state index contributed by atoms with van der Waals surface area (Å²) >= 11 is 0. The Bertz CT molecular complexity index is 705. The maximum Gasteiger partial charge on any atom is 0.411 e. The Balaban J connectivity index is 2.34. The molecule has 2 atom stereocenters. The lowest BCUT2D eigenvalue weighted by molar-refractivity contribution is -0.148. The van der Waals surface area contributed by atoms with E-state index in [2.05, 4.69) is 5.32 Å². The molecule has 7 nitrogen and oxygen atoms in total. The van der Waals surface area contributed by atoms with Crippen LogP contribution in [-0.2, 0) is 14.3 Å². The largest absolute Gasteiger partial charge is 0.444 e. The fourth-order valence-electron chi connectivity index (χ4n) is 4.40. The Kier molecular flexibility index (Phi) is 7.83. The molecule has 0 unspecified atom stereocenters. The molecule has 0 aromatic heterocycles. The van der Waals surface area contributed by atoms with Gasteiger partial charge in [-0.1, -0.05) is 20.8 Å². The van der Waals surface area contributed by atoms with Crippen molar-refractivity contribution in [1.82, 2.24) is 15.1 Å². The summed E-state index contributed by atoms with van der Waals surface area (Å²) in [6.07, 6.45) is -0.510. The van der Waals surface area contributed by atoms with E-state index in [4.69, 9.17) is 4.74 Å². The van der Waals surface area contributed by atoms with E-state index in [1.54, 1.807) is 53.4 Å². The SMILES string of the molecule is CCNC(=O)[C@@H]1C[C@H](N(C(=O)C(C)(C)C)C2CCC(F)(F)CC2)CN1C(=O)OC(C)(C)C. The minimum atomic E-state index is -2.71. The van der Waals surface area contributed by atoms with Gasteiger partial charge in [0.25, 0.3) is 0 Å². The highest BCUT2D eigenvalue weighted by Crippen LogP contribution is 2.39. The van der Waals surface area contributed by atoms with Crippen molar-refractivity contribution in [3.8, 4) is 0 Å². The summed E-state index contributed by atoms with van der Waals surface area (Å²) in [5.74, 6) is -3.17. The molecule has 184 valence electrons. The first kappa shape index (κ1) is 26.3. The number of nitrogens with one attached hydrogen (secondary N) is 1. The third kappa shape index (κ3) is 6.54. The predicted octanol–water partition coefficient (Wildman–Crippen LogP) is 3.95.